The first-order valence-electron chi connectivity index (χ1n) is 8.07. The van der Waals surface area contributed by atoms with Crippen molar-refractivity contribution in [2.45, 2.75) is 0 Å². The van der Waals surface area contributed by atoms with Gasteiger partial charge in [-0.1, -0.05) is 36.4 Å². The zero-order valence-electron chi connectivity index (χ0n) is 14.5. The van der Waals surface area contributed by atoms with E-state index in [-0.39, 0.29) is 17.8 Å². The Balaban J connectivity index is 1.99. The molecule has 0 saturated carbocycles. The lowest BCUT2D eigenvalue weighted by atomic mass is 10.1. The second kappa shape index (κ2) is 9.67. The Morgan fingerprint density at radius 2 is 1.78 bits per heavy atom. The molecule has 7 heteroatoms. The lowest BCUT2D eigenvalue weighted by Gasteiger charge is -2.20. The maximum absolute atomic E-state index is 12.3. The van der Waals surface area contributed by atoms with Crippen LogP contribution in [0.1, 0.15) is 5.56 Å². The van der Waals surface area contributed by atoms with Gasteiger partial charge >= 0.3 is 5.97 Å². The van der Waals surface area contributed by atoms with E-state index >= 15 is 0 Å². The van der Waals surface area contributed by atoms with Gasteiger partial charge in [-0.05, 0) is 24.3 Å². The van der Waals surface area contributed by atoms with E-state index in [2.05, 4.69) is 6.58 Å². The van der Waals surface area contributed by atoms with Crippen LogP contribution in [0.5, 0.6) is 0 Å². The van der Waals surface area contributed by atoms with Crippen molar-refractivity contribution < 1.29 is 19.2 Å². The number of amides is 1. The highest BCUT2D eigenvalue weighted by Crippen LogP contribution is 2.19. The van der Waals surface area contributed by atoms with E-state index in [9.17, 15) is 19.7 Å². The van der Waals surface area contributed by atoms with Crippen molar-refractivity contribution in [2.24, 2.45) is 0 Å². The summed E-state index contributed by atoms with van der Waals surface area (Å²) in [5, 5.41) is 10.9. The first kappa shape index (κ1) is 19.6. The minimum Gasteiger partial charge on any atom is -0.452 e. The first-order valence-corrected chi connectivity index (χ1v) is 8.07. The summed E-state index contributed by atoms with van der Waals surface area (Å²) in [6.07, 6.45) is 3.90. The number of hydrogen-bond acceptors (Lipinski definition) is 5. The highest BCUT2D eigenvalue weighted by atomic mass is 16.6. The Morgan fingerprint density at radius 1 is 1.11 bits per heavy atom. The van der Waals surface area contributed by atoms with E-state index in [0.717, 1.165) is 6.08 Å². The highest BCUT2D eigenvalue weighted by Gasteiger charge is 2.16. The van der Waals surface area contributed by atoms with Crippen LogP contribution in [-0.2, 0) is 14.3 Å². The number of anilines is 1. The van der Waals surface area contributed by atoms with Crippen molar-refractivity contribution >= 4 is 29.3 Å². The molecule has 0 unspecified atom stereocenters. The van der Waals surface area contributed by atoms with Crippen LogP contribution in [0.3, 0.4) is 0 Å². The zero-order chi connectivity index (χ0) is 19.6. The van der Waals surface area contributed by atoms with Crippen LogP contribution in [0, 0.1) is 10.1 Å². The summed E-state index contributed by atoms with van der Waals surface area (Å²) in [5.74, 6) is -1.18. The number of hydrogen-bond donors (Lipinski definition) is 0. The molecule has 1 amide bonds. The fourth-order valence-electron chi connectivity index (χ4n) is 2.30. The summed E-state index contributed by atoms with van der Waals surface area (Å²) in [5.41, 5.74) is 0.802. The van der Waals surface area contributed by atoms with Crippen LogP contribution >= 0.6 is 0 Å². The fourth-order valence-corrected chi connectivity index (χ4v) is 2.30. The number of esters is 1. The average Bonchev–Trinajstić information content (AvgIpc) is 2.69. The number of ether oxygens (including phenoxy) is 1. The number of rotatable bonds is 8. The molecule has 0 bridgehead atoms. The van der Waals surface area contributed by atoms with Crippen molar-refractivity contribution in [1.82, 2.24) is 0 Å². The molecule has 0 saturated heterocycles. The van der Waals surface area contributed by atoms with Crippen molar-refractivity contribution in [3.63, 3.8) is 0 Å². The quantitative estimate of drug-likeness (QED) is 0.235. The van der Waals surface area contributed by atoms with Crippen molar-refractivity contribution in [3.8, 4) is 0 Å². The van der Waals surface area contributed by atoms with Gasteiger partial charge in [-0.25, -0.2) is 4.79 Å². The minimum absolute atomic E-state index is 0.126. The molecule has 0 heterocycles. The summed E-state index contributed by atoms with van der Waals surface area (Å²) in [6.45, 7) is 3.44. The number of carbonyl (C=O) groups is 2. The summed E-state index contributed by atoms with van der Waals surface area (Å²) >= 11 is 0. The monoisotopic (exact) mass is 366 g/mol. The van der Waals surface area contributed by atoms with E-state index in [4.69, 9.17) is 4.74 Å². The molecule has 0 fully saturated rings. The van der Waals surface area contributed by atoms with E-state index in [1.165, 1.54) is 29.2 Å². The molecule has 0 N–H and O–H groups in total. The van der Waals surface area contributed by atoms with Gasteiger partial charge in [-0.15, -0.1) is 6.58 Å². The van der Waals surface area contributed by atoms with Crippen LogP contribution in [-0.4, -0.2) is 30.0 Å². The van der Waals surface area contributed by atoms with Crippen LogP contribution in [0.15, 0.2) is 73.3 Å². The smallest absolute Gasteiger partial charge is 0.331 e. The second-order valence-corrected chi connectivity index (χ2v) is 5.39. The third kappa shape index (κ3) is 5.64. The molecule has 2 rings (SSSR count). The number of nitro benzene ring substituents is 1. The van der Waals surface area contributed by atoms with Gasteiger partial charge in [0, 0.05) is 24.4 Å². The average molecular weight is 366 g/mol. The molecule has 2 aromatic rings. The van der Waals surface area contributed by atoms with Gasteiger partial charge in [0.1, 0.15) is 0 Å². The molecule has 0 aromatic heterocycles. The van der Waals surface area contributed by atoms with Crippen molar-refractivity contribution in [3.05, 3.63) is 89.0 Å². The highest BCUT2D eigenvalue weighted by molar-refractivity contribution is 5.96. The summed E-state index contributed by atoms with van der Waals surface area (Å²) in [6, 6.07) is 14.9. The Labute approximate surface area is 156 Å². The molecule has 0 atom stereocenters. The van der Waals surface area contributed by atoms with Gasteiger partial charge in [0.05, 0.1) is 10.5 Å². The van der Waals surface area contributed by atoms with Crippen LogP contribution in [0.4, 0.5) is 11.4 Å². The van der Waals surface area contributed by atoms with E-state index < -0.39 is 23.4 Å². The van der Waals surface area contributed by atoms with Crippen LogP contribution in [0.2, 0.25) is 0 Å². The van der Waals surface area contributed by atoms with Crippen LogP contribution in [0.25, 0.3) is 6.08 Å². The van der Waals surface area contributed by atoms with Gasteiger partial charge in [0.2, 0.25) is 0 Å². The lowest BCUT2D eigenvalue weighted by Crippen LogP contribution is -2.34. The van der Waals surface area contributed by atoms with Gasteiger partial charge in [0.25, 0.3) is 11.6 Å². The molecule has 2 aromatic carbocycles. The van der Waals surface area contributed by atoms with E-state index in [0.29, 0.717) is 5.69 Å². The molecule has 0 radical (unpaired) electrons. The van der Waals surface area contributed by atoms with Crippen molar-refractivity contribution in [1.29, 1.82) is 0 Å². The summed E-state index contributed by atoms with van der Waals surface area (Å²) in [7, 11) is 0. The topological polar surface area (TPSA) is 89.8 Å². The molecule has 0 aliphatic heterocycles. The number of para-hydroxylation sites is 2. The largest absolute Gasteiger partial charge is 0.452 e. The van der Waals surface area contributed by atoms with E-state index in [1.54, 1.807) is 36.4 Å². The second-order valence-electron chi connectivity index (χ2n) is 5.39. The Kier molecular flexibility index (Phi) is 7.01. The van der Waals surface area contributed by atoms with Crippen molar-refractivity contribution in [2.75, 3.05) is 18.1 Å². The van der Waals surface area contributed by atoms with Crippen LogP contribution < -0.4 is 4.90 Å². The lowest BCUT2D eigenvalue weighted by molar-refractivity contribution is -0.385. The molecule has 27 heavy (non-hydrogen) atoms. The summed E-state index contributed by atoms with van der Waals surface area (Å²) < 4.78 is 4.95. The minimum atomic E-state index is -0.770. The van der Waals surface area contributed by atoms with Gasteiger partial charge in [-0.3, -0.25) is 14.9 Å². The molecular formula is C20H18N2O5. The number of nitrogens with zero attached hydrogens (tertiary/aromatic N) is 2. The molecule has 138 valence electrons. The predicted molar refractivity (Wildman–Crippen MR) is 102 cm³/mol. The summed E-state index contributed by atoms with van der Waals surface area (Å²) in [4.78, 5) is 36.0. The standard InChI is InChI=1S/C20H18N2O5/c1-2-14-21(17-9-4-3-5-10-17)19(23)15-27-20(24)13-12-16-8-6-7-11-18(16)22(25)26/h2-13H,1,14-15H2/b13-12+. The third-order valence-corrected chi connectivity index (χ3v) is 3.55. The molecule has 0 aliphatic carbocycles. The molecule has 7 nitrogen and oxygen atoms in total. The number of nitro groups is 1. The van der Waals surface area contributed by atoms with Gasteiger partial charge in [0.15, 0.2) is 6.61 Å². The van der Waals surface area contributed by atoms with E-state index in [1.807, 2.05) is 6.07 Å². The zero-order valence-corrected chi connectivity index (χ0v) is 14.5. The predicted octanol–water partition coefficient (Wildman–Crippen LogP) is 3.37. The van der Waals surface area contributed by atoms with Gasteiger partial charge < -0.3 is 9.64 Å². The van der Waals surface area contributed by atoms with Gasteiger partial charge in [-0.2, -0.15) is 0 Å². The molecule has 0 aliphatic rings. The fraction of sp³-hybridized carbons (Fsp3) is 0.100. The maximum atomic E-state index is 12.3. The molecular weight excluding hydrogens is 348 g/mol. The Bertz CT molecular complexity index is 862. The first-order chi connectivity index (χ1) is 13.0. The Hall–Kier alpha value is -3.74. The Morgan fingerprint density at radius 3 is 2.44 bits per heavy atom. The SMILES string of the molecule is C=CCN(C(=O)COC(=O)/C=C/c1ccccc1[N+](=O)[O-])c1ccccc1. The number of benzene rings is 2. The number of carbonyl (C=O) groups excluding carboxylic acids is 2. The third-order valence-electron chi connectivity index (χ3n) is 3.55. The normalized spacial score (nSPS) is 10.4. The molecule has 0 spiro atoms. The maximum Gasteiger partial charge on any atom is 0.331 e.